The summed E-state index contributed by atoms with van der Waals surface area (Å²) in [7, 11) is 5.68. The summed E-state index contributed by atoms with van der Waals surface area (Å²) in [6.07, 6.45) is 3.91. The van der Waals surface area contributed by atoms with Gasteiger partial charge in [0.1, 0.15) is 12.1 Å². The Hall–Kier alpha value is -2.97. The zero-order chi connectivity index (χ0) is 19.3. The first kappa shape index (κ1) is 17.4. The molecule has 9 nitrogen and oxygen atoms in total. The fourth-order valence-electron chi connectivity index (χ4n) is 4.10. The molecule has 0 spiro atoms. The third kappa shape index (κ3) is 2.83. The van der Waals surface area contributed by atoms with Crippen LogP contribution in [-0.4, -0.2) is 53.9 Å². The largest absolute Gasteiger partial charge is 0.369 e. The van der Waals surface area contributed by atoms with Crippen molar-refractivity contribution in [2.24, 2.45) is 20.0 Å². The van der Waals surface area contributed by atoms with Gasteiger partial charge < -0.3 is 10.2 Å². The molecule has 3 aromatic heterocycles. The van der Waals surface area contributed by atoms with Crippen LogP contribution in [0.2, 0.25) is 0 Å². The van der Waals surface area contributed by atoms with Gasteiger partial charge in [-0.1, -0.05) is 0 Å². The van der Waals surface area contributed by atoms with Crippen LogP contribution in [0.15, 0.2) is 12.5 Å². The monoisotopic (exact) mass is 368 g/mol. The average Bonchev–Trinajstić information content (AvgIpc) is 3.21. The number of anilines is 1. The molecular formula is C18H24N8O. The summed E-state index contributed by atoms with van der Waals surface area (Å²) in [5, 5.41) is 13.2. The number of aromatic nitrogens is 6. The second-order valence-corrected chi connectivity index (χ2v) is 7.27. The molecule has 2 atom stereocenters. The molecule has 0 saturated carbocycles. The van der Waals surface area contributed by atoms with Gasteiger partial charge >= 0.3 is 0 Å². The topological polar surface area (TPSA) is 93.8 Å². The Morgan fingerprint density at radius 1 is 1.19 bits per heavy atom. The Bertz CT molecular complexity index is 1020. The third-order valence-corrected chi connectivity index (χ3v) is 5.52. The lowest BCUT2D eigenvalue weighted by molar-refractivity contribution is -0.127. The number of fused-ring (bicyclic) bond motifs is 1. The minimum atomic E-state index is 0.00456. The molecule has 3 aromatic rings. The normalized spacial score (nSPS) is 20.0. The zero-order valence-corrected chi connectivity index (χ0v) is 16.3. The summed E-state index contributed by atoms with van der Waals surface area (Å²) >= 11 is 0. The number of rotatable bonds is 4. The number of aryl methyl sites for hydroxylation is 3. The second kappa shape index (κ2) is 6.33. The van der Waals surface area contributed by atoms with Gasteiger partial charge in [-0.3, -0.25) is 14.2 Å². The van der Waals surface area contributed by atoms with E-state index in [-0.39, 0.29) is 17.9 Å². The van der Waals surface area contributed by atoms with Crippen molar-refractivity contribution in [3.8, 4) is 0 Å². The molecule has 0 aliphatic carbocycles. The summed E-state index contributed by atoms with van der Waals surface area (Å²) in [5.41, 5.74) is 3.88. The van der Waals surface area contributed by atoms with E-state index in [0.717, 1.165) is 28.2 Å². The highest BCUT2D eigenvalue weighted by atomic mass is 16.2. The molecule has 27 heavy (non-hydrogen) atoms. The van der Waals surface area contributed by atoms with Gasteiger partial charge in [0.25, 0.3) is 0 Å². The maximum atomic E-state index is 12.5. The Morgan fingerprint density at radius 3 is 2.67 bits per heavy atom. The highest BCUT2D eigenvalue weighted by Gasteiger charge is 2.40. The number of hydrogen-bond acceptors (Lipinski definition) is 6. The molecule has 4 heterocycles. The van der Waals surface area contributed by atoms with E-state index in [0.29, 0.717) is 18.6 Å². The van der Waals surface area contributed by atoms with Crippen molar-refractivity contribution in [2.75, 3.05) is 18.9 Å². The predicted molar refractivity (Wildman–Crippen MR) is 101 cm³/mol. The van der Waals surface area contributed by atoms with Crippen LogP contribution < -0.4 is 5.32 Å². The van der Waals surface area contributed by atoms with E-state index in [4.69, 9.17) is 0 Å². The van der Waals surface area contributed by atoms with E-state index in [1.807, 2.05) is 43.8 Å². The van der Waals surface area contributed by atoms with Crippen LogP contribution in [0.3, 0.4) is 0 Å². The van der Waals surface area contributed by atoms with E-state index < -0.39 is 0 Å². The molecule has 0 unspecified atom stereocenters. The van der Waals surface area contributed by atoms with Crippen molar-refractivity contribution in [2.45, 2.75) is 26.3 Å². The van der Waals surface area contributed by atoms with E-state index in [9.17, 15) is 4.79 Å². The number of carbonyl (C=O) groups excluding carboxylic acids is 1. The molecule has 4 rings (SSSR count). The third-order valence-electron chi connectivity index (χ3n) is 5.52. The van der Waals surface area contributed by atoms with Crippen LogP contribution in [0.1, 0.15) is 29.4 Å². The van der Waals surface area contributed by atoms with Gasteiger partial charge in [0.2, 0.25) is 5.91 Å². The van der Waals surface area contributed by atoms with Crippen molar-refractivity contribution in [3.63, 3.8) is 0 Å². The molecule has 142 valence electrons. The molecule has 0 aromatic carbocycles. The SMILES string of the molecule is Cc1nn(C)c(C)c1[C@@H]1[C@@H](CNc2ncnc3nn(C)cc23)CC(=O)N1C. The van der Waals surface area contributed by atoms with Crippen molar-refractivity contribution in [1.82, 2.24) is 34.4 Å². The Morgan fingerprint density at radius 2 is 1.96 bits per heavy atom. The van der Waals surface area contributed by atoms with Crippen molar-refractivity contribution in [3.05, 3.63) is 29.5 Å². The molecule has 1 N–H and O–H groups in total. The van der Waals surface area contributed by atoms with Crippen molar-refractivity contribution < 1.29 is 4.79 Å². The lowest BCUT2D eigenvalue weighted by atomic mass is 9.92. The van der Waals surface area contributed by atoms with Crippen LogP contribution in [0.5, 0.6) is 0 Å². The van der Waals surface area contributed by atoms with Crippen molar-refractivity contribution >= 4 is 22.8 Å². The minimum Gasteiger partial charge on any atom is -0.369 e. The van der Waals surface area contributed by atoms with Gasteiger partial charge in [-0.2, -0.15) is 10.2 Å². The minimum absolute atomic E-state index is 0.00456. The van der Waals surface area contributed by atoms with Gasteiger partial charge in [-0.25, -0.2) is 9.97 Å². The van der Waals surface area contributed by atoms with E-state index in [2.05, 4.69) is 32.4 Å². The number of amides is 1. The number of nitrogens with one attached hydrogen (secondary N) is 1. The first-order valence-corrected chi connectivity index (χ1v) is 9.00. The van der Waals surface area contributed by atoms with Crippen molar-refractivity contribution in [1.29, 1.82) is 0 Å². The predicted octanol–water partition coefficient (Wildman–Crippen LogP) is 1.35. The first-order chi connectivity index (χ1) is 12.9. The molecule has 1 aliphatic rings. The average molecular weight is 368 g/mol. The fourth-order valence-corrected chi connectivity index (χ4v) is 4.10. The molecule has 0 bridgehead atoms. The van der Waals surface area contributed by atoms with E-state index >= 15 is 0 Å². The molecule has 1 amide bonds. The number of likely N-dealkylation sites (tertiary alicyclic amines) is 1. The standard InChI is InChI=1S/C18H24N8O/c1-10-15(11(2)26(5)22-10)16-12(6-14(27)25(16)4)7-19-17-13-8-24(3)23-18(13)21-9-20-17/h8-9,12,16H,6-7H2,1-5H3,(H,19,20,21,23)/t12-,16+/m1/s1. The maximum Gasteiger partial charge on any atom is 0.223 e. The Labute approximate surface area is 157 Å². The maximum absolute atomic E-state index is 12.5. The zero-order valence-electron chi connectivity index (χ0n) is 16.3. The first-order valence-electron chi connectivity index (χ1n) is 9.00. The van der Waals surface area contributed by atoms with Crippen LogP contribution >= 0.6 is 0 Å². The van der Waals surface area contributed by atoms with Gasteiger partial charge in [0.15, 0.2) is 5.65 Å². The fraction of sp³-hybridized carbons (Fsp3) is 0.500. The summed E-state index contributed by atoms with van der Waals surface area (Å²) in [6.45, 7) is 4.70. The Kier molecular flexibility index (Phi) is 4.09. The smallest absolute Gasteiger partial charge is 0.223 e. The van der Waals surface area contributed by atoms with E-state index in [1.54, 1.807) is 4.68 Å². The number of hydrogen-bond donors (Lipinski definition) is 1. The Balaban J connectivity index is 1.62. The molecule has 1 aliphatic heterocycles. The highest BCUT2D eigenvalue weighted by molar-refractivity contribution is 5.85. The lowest BCUT2D eigenvalue weighted by Crippen LogP contribution is -2.27. The lowest BCUT2D eigenvalue weighted by Gasteiger charge is -2.26. The van der Waals surface area contributed by atoms with Gasteiger partial charge in [-0.05, 0) is 13.8 Å². The van der Waals surface area contributed by atoms with Gasteiger partial charge in [-0.15, -0.1) is 0 Å². The van der Waals surface area contributed by atoms with Gasteiger partial charge in [0, 0.05) is 57.5 Å². The van der Waals surface area contributed by atoms with Crippen LogP contribution in [0.25, 0.3) is 11.0 Å². The second-order valence-electron chi connectivity index (χ2n) is 7.27. The summed E-state index contributed by atoms with van der Waals surface area (Å²) < 4.78 is 3.61. The molecule has 9 heteroatoms. The number of nitrogens with zero attached hydrogens (tertiary/aromatic N) is 7. The van der Waals surface area contributed by atoms with Crippen LogP contribution in [-0.2, 0) is 18.9 Å². The summed E-state index contributed by atoms with van der Waals surface area (Å²) in [6, 6.07) is 0.00456. The molecule has 0 radical (unpaired) electrons. The molecule has 1 saturated heterocycles. The summed E-state index contributed by atoms with van der Waals surface area (Å²) in [5.74, 6) is 1.03. The quantitative estimate of drug-likeness (QED) is 0.747. The molecular weight excluding hydrogens is 344 g/mol. The van der Waals surface area contributed by atoms with E-state index in [1.165, 1.54) is 6.33 Å². The van der Waals surface area contributed by atoms with Crippen LogP contribution in [0.4, 0.5) is 5.82 Å². The highest BCUT2D eigenvalue weighted by Crippen LogP contribution is 2.39. The molecule has 1 fully saturated rings. The van der Waals surface area contributed by atoms with Gasteiger partial charge in [0.05, 0.1) is 17.1 Å². The van der Waals surface area contributed by atoms with Crippen LogP contribution in [0, 0.1) is 19.8 Å². The number of carbonyl (C=O) groups is 1. The summed E-state index contributed by atoms with van der Waals surface area (Å²) in [4.78, 5) is 22.9.